The number of carbonyl (C=O) groups excluding carboxylic acids is 1. The summed E-state index contributed by atoms with van der Waals surface area (Å²) in [6.07, 6.45) is 10.6. The second-order valence-electron chi connectivity index (χ2n) is 5.25. The van der Waals surface area contributed by atoms with Crippen LogP contribution in [0.25, 0.3) is 0 Å². The van der Waals surface area contributed by atoms with E-state index in [0.29, 0.717) is 5.69 Å². The summed E-state index contributed by atoms with van der Waals surface area (Å²) < 4.78 is 0. The van der Waals surface area contributed by atoms with Gasteiger partial charge in [0.05, 0.1) is 7.11 Å². The maximum Gasteiger partial charge on any atom is 0.296 e. The lowest BCUT2D eigenvalue weighted by Crippen LogP contribution is -2.28. The van der Waals surface area contributed by atoms with E-state index in [1.54, 1.807) is 7.05 Å². The van der Waals surface area contributed by atoms with Gasteiger partial charge < -0.3 is 0 Å². The molecule has 1 aliphatic carbocycles. The molecule has 1 amide bonds. The van der Waals surface area contributed by atoms with Gasteiger partial charge in [-0.1, -0.05) is 25.7 Å². The summed E-state index contributed by atoms with van der Waals surface area (Å²) in [7, 11) is 3.09. The summed E-state index contributed by atoms with van der Waals surface area (Å²) in [5, 5.41) is 1.22. The summed E-state index contributed by atoms with van der Waals surface area (Å²) >= 11 is 0. The van der Waals surface area contributed by atoms with Crippen molar-refractivity contribution >= 4 is 5.91 Å². The highest BCUT2D eigenvalue weighted by atomic mass is 16.7. The lowest BCUT2D eigenvalue weighted by atomic mass is 9.96. The van der Waals surface area contributed by atoms with Gasteiger partial charge in [0.15, 0.2) is 0 Å². The molecule has 0 atom stereocenters. The molecule has 0 saturated carbocycles. The van der Waals surface area contributed by atoms with Crippen molar-refractivity contribution < 1.29 is 9.63 Å². The normalized spacial score (nSPS) is 16.3. The number of carbonyl (C=O) groups is 1. The van der Waals surface area contributed by atoms with Gasteiger partial charge in [-0.2, -0.15) is 0 Å². The summed E-state index contributed by atoms with van der Waals surface area (Å²) in [4.78, 5) is 25.9. The van der Waals surface area contributed by atoms with Gasteiger partial charge in [0.1, 0.15) is 12.0 Å². The van der Waals surface area contributed by atoms with Crippen LogP contribution in [0.3, 0.4) is 0 Å². The Labute approximate surface area is 120 Å². The fourth-order valence-corrected chi connectivity index (χ4v) is 2.64. The number of aromatic nitrogens is 2. The molecule has 2 rings (SSSR count). The first-order chi connectivity index (χ1) is 9.74. The predicted octanol–water partition coefficient (Wildman–Crippen LogP) is 2.55. The van der Waals surface area contributed by atoms with Crippen molar-refractivity contribution in [3.8, 4) is 0 Å². The van der Waals surface area contributed by atoms with Crippen molar-refractivity contribution in [2.75, 3.05) is 14.2 Å². The topological polar surface area (TPSA) is 55.3 Å². The molecule has 0 fully saturated rings. The zero-order chi connectivity index (χ0) is 14.4. The van der Waals surface area contributed by atoms with Gasteiger partial charge in [0, 0.05) is 18.3 Å². The molecule has 0 spiro atoms. The molecule has 5 heteroatoms. The first-order valence-electron chi connectivity index (χ1n) is 7.39. The molecule has 0 unspecified atom stereocenters. The van der Waals surface area contributed by atoms with Crippen molar-refractivity contribution in [2.45, 2.75) is 51.4 Å². The maximum absolute atomic E-state index is 12.3. The van der Waals surface area contributed by atoms with Crippen LogP contribution in [-0.4, -0.2) is 35.1 Å². The van der Waals surface area contributed by atoms with Crippen molar-refractivity contribution in [3.05, 3.63) is 23.3 Å². The summed E-state index contributed by atoms with van der Waals surface area (Å²) in [6.45, 7) is 0. The van der Waals surface area contributed by atoms with Crippen LogP contribution in [0.4, 0.5) is 0 Å². The summed E-state index contributed by atoms with van der Waals surface area (Å²) in [6, 6.07) is 0. The average Bonchev–Trinajstić information content (AvgIpc) is 2.49. The second-order valence-corrected chi connectivity index (χ2v) is 5.25. The van der Waals surface area contributed by atoms with Crippen molar-refractivity contribution in [2.24, 2.45) is 0 Å². The van der Waals surface area contributed by atoms with E-state index in [0.717, 1.165) is 36.9 Å². The van der Waals surface area contributed by atoms with Crippen molar-refractivity contribution in [1.29, 1.82) is 0 Å². The van der Waals surface area contributed by atoms with Gasteiger partial charge in [0.25, 0.3) is 5.91 Å². The minimum Gasteiger partial charge on any atom is -0.274 e. The zero-order valence-electron chi connectivity index (χ0n) is 12.4. The van der Waals surface area contributed by atoms with Gasteiger partial charge in [0.2, 0.25) is 0 Å². The van der Waals surface area contributed by atoms with E-state index in [1.807, 2.05) is 0 Å². The summed E-state index contributed by atoms with van der Waals surface area (Å²) in [5.74, 6) is -0.191. The smallest absolute Gasteiger partial charge is 0.274 e. The highest BCUT2D eigenvalue weighted by Gasteiger charge is 2.20. The summed E-state index contributed by atoms with van der Waals surface area (Å²) in [5.41, 5.74) is 2.55. The van der Waals surface area contributed by atoms with E-state index < -0.39 is 0 Å². The SMILES string of the molecule is CON(C)C(=O)c1ncnc2c1CCCCCCCC2. The third kappa shape index (κ3) is 3.54. The highest BCUT2D eigenvalue weighted by molar-refractivity contribution is 5.93. The quantitative estimate of drug-likeness (QED) is 0.780. The van der Waals surface area contributed by atoms with Gasteiger partial charge >= 0.3 is 0 Å². The molecule has 5 nitrogen and oxygen atoms in total. The molecule has 0 bridgehead atoms. The van der Waals surface area contributed by atoms with E-state index in [1.165, 1.54) is 44.2 Å². The van der Waals surface area contributed by atoms with E-state index in [9.17, 15) is 4.79 Å². The van der Waals surface area contributed by atoms with E-state index in [4.69, 9.17) is 4.84 Å². The minimum absolute atomic E-state index is 0.191. The third-order valence-electron chi connectivity index (χ3n) is 3.89. The number of hydrogen-bond acceptors (Lipinski definition) is 4. The van der Waals surface area contributed by atoms with Crippen LogP contribution in [0.1, 0.15) is 60.3 Å². The standard InChI is InChI=1S/C15H23N3O2/c1-18(20-2)15(19)14-12-9-7-5-3-4-6-8-10-13(12)16-11-17-14/h11H,3-10H2,1-2H3. The number of amides is 1. The van der Waals surface area contributed by atoms with Crippen LogP contribution in [0.2, 0.25) is 0 Å². The van der Waals surface area contributed by atoms with Crippen LogP contribution in [0.15, 0.2) is 6.33 Å². The Kier molecular flexibility index (Phi) is 5.47. The molecule has 1 aromatic heterocycles. The number of hydrogen-bond donors (Lipinski definition) is 0. The number of hydroxylamine groups is 2. The molecule has 0 radical (unpaired) electrons. The van der Waals surface area contributed by atoms with Gasteiger partial charge in [-0.25, -0.2) is 15.0 Å². The monoisotopic (exact) mass is 277 g/mol. The van der Waals surface area contributed by atoms with Crippen LogP contribution >= 0.6 is 0 Å². The van der Waals surface area contributed by atoms with Crippen molar-refractivity contribution in [3.63, 3.8) is 0 Å². The molecule has 1 aromatic rings. The molecule has 1 heterocycles. The Morgan fingerprint density at radius 3 is 2.45 bits per heavy atom. The molecular formula is C15H23N3O2. The van der Waals surface area contributed by atoms with Gasteiger partial charge in [-0.3, -0.25) is 9.63 Å². The Balaban J connectivity index is 2.30. The van der Waals surface area contributed by atoms with Gasteiger partial charge in [-0.15, -0.1) is 0 Å². The van der Waals surface area contributed by atoms with E-state index in [2.05, 4.69) is 9.97 Å². The van der Waals surface area contributed by atoms with Crippen molar-refractivity contribution in [1.82, 2.24) is 15.0 Å². The molecule has 0 N–H and O–H groups in total. The fraction of sp³-hybridized carbons (Fsp3) is 0.667. The number of aryl methyl sites for hydroxylation is 1. The lowest BCUT2D eigenvalue weighted by Gasteiger charge is -2.18. The molecule has 20 heavy (non-hydrogen) atoms. The average molecular weight is 277 g/mol. The Hall–Kier alpha value is -1.49. The third-order valence-corrected chi connectivity index (χ3v) is 3.89. The Morgan fingerprint density at radius 2 is 1.75 bits per heavy atom. The van der Waals surface area contributed by atoms with E-state index >= 15 is 0 Å². The van der Waals surface area contributed by atoms with Crippen LogP contribution in [-0.2, 0) is 17.7 Å². The molecular weight excluding hydrogens is 254 g/mol. The lowest BCUT2D eigenvalue weighted by molar-refractivity contribution is -0.0761. The number of rotatable bonds is 2. The molecule has 1 aliphatic rings. The van der Waals surface area contributed by atoms with Crippen LogP contribution in [0.5, 0.6) is 0 Å². The predicted molar refractivity (Wildman–Crippen MR) is 76.2 cm³/mol. The highest BCUT2D eigenvalue weighted by Crippen LogP contribution is 2.20. The Morgan fingerprint density at radius 1 is 1.10 bits per heavy atom. The zero-order valence-corrected chi connectivity index (χ0v) is 12.4. The first kappa shape index (κ1) is 14.9. The molecule has 110 valence electrons. The first-order valence-corrected chi connectivity index (χ1v) is 7.39. The molecule has 0 aliphatic heterocycles. The largest absolute Gasteiger partial charge is 0.296 e. The minimum atomic E-state index is -0.191. The number of fused-ring (bicyclic) bond motifs is 1. The van der Waals surface area contributed by atoms with Crippen LogP contribution < -0.4 is 0 Å². The van der Waals surface area contributed by atoms with E-state index in [-0.39, 0.29) is 5.91 Å². The number of nitrogens with zero attached hydrogens (tertiary/aromatic N) is 3. The molecule has 0 aromatic carbocycles. The van der Waals surface area contributed by atoms with Gasteiger partial charge in [-0.05, 0) is 25.7 Å². The Bertz CT molecular complexity index is 462. The van der Waals surface area contributed by atoms with Crippen LogP contribution in [0, 0.1) is 0 Å². The molecule has 0 saturated heterocycles. The maximum atomic E-state index is 12.3. The fourth-order valence-electron chi connectivity index (χ4n) is 2.64. The second kappa shape index (κ2) is 7.33.